The SMILES string of the molecule is O=C(CCCc1nc(-c2cccs2)no1)Nc1cccc(C(F)(F)F)c1. The van der Waals surface area contributed by atoms with Crippen LogP contribution in [0.1, 0.15) is 24.3 Å². The van der Waals surface area contributed by atoms with Crippen molar-refractivity contribution in [1.82, 2.24) is 10.1 Å². The zero-order valence-corrected chi connectivity index (χ0v) is 14.2. The number of carbonyl (C=O) groups excluding carboxylic acids is 1. The molecule has 1 aromatic carbocycles. The van der Waals surface area contributed by atoms with Crippen molar-refractivity contribution in [3.8, 4) is 10.7 Å². The van der Waals surface area contributed by atoms with Crippen LogP contribution in [0.5, 0.6) is 0 Å². The maximum Gasteiger partial charge on any atom is 0.416 e. The van der Waals surface area contributed by atoms with Crippen LogP contribution in [-0.2, 0) is 17.4 Å². The Morgan fingerprint density at radius 1 is 1.23 bits per heavy atom. The molecule has 2 heterocycles. The van der Waals surface area contributed by atoms with Gasteiger partial charge in [-0.2, -0.15) is 18.2 Å². The first-order valence-electron chi connectivity index (χ1n) is 7.75. The third-order valence-corrected chi connectivity index (χ3v) is 4.34. The molecule has 3 aromatic rings. The molecule has 0 fully saturated rings. The first kappa shape index (κ1) is 18.1. The number of alkyl halides is 3. The van der Waals surface area contributed by atoms with Crippen LogP contribution in [0, 0.1) is 0 Å². The van der Waals surface area contributed by atoms with E-state index >= 15 is 0 Å². The molecule has 9 heteroatoms. The number of nitrogens with one attached hydrogen (secondary N) is 1. The first-order valence-corrected chi connectivity index (χ1v) is 8.63. The minimum absolute atomic E-state index is 0.114. The molecular weight excluding hydrogens is 367 g/mol. The van der Waals surface area contributed by atoms with Gasteiger partial charge in [0.05, 0.1) is 10.4 Å². The van der Waals surface area contributed by atoms with Crippen LogP contribution in [0.15, 0.2) is 46.3 Å². The van der Waals surface area contributed by atoms with E-state index in [0.717, 1.165) is 17.0 Å². The zero-order chi connectivity index (χ0) is 18.6. The third kappa shape index (κ3) is 4.69. The Morgan fingerprint density at radius 3 is 2.81 bits per heavy atom. The molecule has 0 unspecified atom stereocenters. The number of carbonyl (C=O) groups is 1. The lowest BCUT2D eigenvalue weighted by atomic mass is 10.2. The van der Waals surface area contributed by atoms with E-state index in [4.69, 9.17) is 4.52 Å². The van der Waals surface area contributed by atoms with Crippen LogP contribution >= 0.6 is 11.3 Å². The predicted octanol–water partition coefficient (Wildman–Crippen LogP) is 4.78. The molecule has 0 aliphatic carbocycles. The topological polar surface area (TPSA) is 68.0 Å². The second-order valence-corrected chi connectivity index (χ2v) is 6.42. The Labute approximate surface area is 150 Å². The highest BCUT2D eigenvalue weighted by molar-refractivity contribution is 7.13. The fraction of sp³-hybridized carbons (Fsp3) is 0.235. The van der Waals surface area contributed by atoms with Gasteiger partial charge in [0, 0.05) is 18.5 Å². The van der Waals surface area contributed by atoms with Gasteiger partial charge in [-0.3, -0.25) is 4.79 Å². The van der Waals surface area contributed by atoms with E-state index in [1.54, 1.807) is 0 Å². The predicted molar refractivity (Wildman–Crippen MR) is 90.6 cm³/mol. The van der Waals surface area contributed by atoms with Crippen molar-refractivity contribution in [1.29, 1.82) is 0 Å². The van der Waals surface area contributed by atoms with Crippen LogP contribution in [0.2, 0.25) is 0 Å². The fourth-order valence-electron chi connectivity index (χ4n) is 2.26. The van der Waals surface area contributed by atoms with Crippen LogP contribution in [0.4, 0.5) is 18.9 Å². The number of amides is 1. The van der Waals surface area contributed by atoms with E-state index in [1.165, 1.54) is 23.5 Å². The summed E-state index contributed by atoms with van der Waals surface area (Å²) in [6.07, 6.45) is -3.46. The van der Waals surface area contributed by atoms with Gasteiger partial charge in [-0.1, -0.05) is 17.3 Å². The number of anilines is 1. The van der Waals surface area contributed by atoms with Crippen LogP contribution in [0.3, 0.4) is 0 Å². The Balaban J connectivity index is 1.49. The summed E-state index contributed by atoms with van der Waals surface area (Å²) < 4.78 is 43.1. The van der Waals surface area contributed by atoms with Crippen molar-refractivity contribution in [3.63, 3.8) is 0 Å². The second-order valence-electron chi connectivity index (χ2n) is 5.47. The summed E-state index contributed by atoms with van der Waals surface area (Å²) in [5, 5.41) is 8.24. The fourth-order valence-corrected chi connectivity index (χ4v) is 2.91. The van der Waals surface area contributed by atoms with Gasteiger partial charge in [-0.05, 0) is 36.1 Å². The molecular formula is C17H14F3N3O2S. The summed E-state index contributed by atoms with van der Waals surface area (Å²) in [4.78, 5) is 17.0. The summed E-state index contributed by atoms with van der Waals surface area (Å²) >= 11 is 1.49. The summed E-state index contributed by atoms with van der Waals surface area (Å²) in [6, 6.07) is 8.29. The lowest BCUT2D eigenvalue weighted by Crippen LogP contribution is -2.13. The Hall–Kier alpha value is -2.68. The van der Waals surface area contributed by atoms with Gasteiger partial charge in [0.1, 0.15) is 0 Å². The molecule has 0 atom stereocenters. The van der Waals surface area contributed by atoms with Gasteiger partial charge in [-0.25, -0.2) is 0 Å². The molecule has 1 amide bonds. The maximum atomic E-state index is 12.7. The van der Waals surface area contributed by atoms with Crippen LogP contribution in [-0.4, -0.2) is 16.0 Å². The molecule has 0 aliphatic heterocycles. The molecule has 3 rings (SSSR count). The summed E-state index contributed by atoms with van der Waals surface area (Å²) in [5.74, 6) is 0.547. The highest BCUT2D eigenvalue weighted by Gasteiger charge is 2.30. The van der Waals surface area contributed by atoms with E-state index in [2.05, 4.69) is 15.5 Å². The Bertz CT molecular complexity index is 876. The smallest absolute Gasteiger partial charge is 0.339 e. The number of halogens is 3. The van der Waals surface area contributed by atoms with E-state index in [0.29, 0.717) is 24.6 Å². The van der Waals surface area contributed by atoms with E-state index < -0.39 is 11.7 Å². The third-order valence-electron chi connectivity index (χ3n) is 3.48. The number of rotatable bonds is 6. The molecule has 26 heavy (non-hydrogen) atoms. The van der Waals surface area contributed by atoms with Gasteiger partial charge in [0.15, 0.2) is 0 Å². The second kappa shape index (κ2) is 7.69. The lowest BCUT2D eigenvalue weighted by Gasteiger charge is -2.09. The average molecular weight is 381 g/mol. The molecule has 0 saturated heterocycles. The van der Waals surface area contributed by atoms with Gasteiger partial charge >= 0.3 is 6.18 Å². The highest BCUT2D eigenvalue weighted by Crippen LogP contribution is 2.30. The molecule has 0 spiro atoms. The number of hydrogen-bond acceptors (Lipinski definition) is 5. The minimum Gasteiger partial charge on any atom is -0.339 e. The Kier molecular flexibility index (Phi) is 5.36. The largest absolute Gasteiger partial charge is 0.416 e. The number of nitrogens with zero attached hydrogens (tertiary/aromatic N) is 2. The number of aryl methyl sites for hydroxylation is 1. The van der Waals surface area contributed by atoms with Crippen molar-refractivity contribution in [3.05, 3.63) is 53.2 Å². The first-order chi connectivity index (χ1) is 12.4. The average Bonchev–Trinajstić information content (AvgIpc) is 3.25. The number of benzene rings is 1. The number of aromatic nitrogens is 2. The van der Waals surface area contributed by atoms with E-state index in [9.17, 15) is 18.0 Å². The Morgan fingerprint density at radius 2 is 2.08 bits per heavy atom. The van der Waals surface area contributed by atoms with Crippen molar-refractivity contribution in [2.75, 3.05) is 5.32 Å². The van der Waals surface area contributed by atoms with Crippen molar-refractivity contribution >= 4 is 22.9 Å². The van der Waals surface area contributed by atoms with Crippen molar-refractivity contribution < 1.29 is 22.5 Å². The van der Waals surface area contributed by atoms with Crippen molar-refractivity contribution in [2.24, 2.45) is 0 Å². The molecule has 2 aromatic heterocycles. The lowest BCUT2D eigenvalue weighted by molar-refractivity contribution is -0.137. The van der Waals surface area contributed by atoms with Gasteiger partial charge in [0.2, 0.25) is 17.6 Å². The van der Waals surface area contributed by atoms with Crippen LogP contribution in [0.25, 0.3) is 10.7 Å². The van der Waals surface area contributed by atoms with E-state index in [-0.39, 0.29) is 18.0 Å². The molecule has 0 radical (unpaired) electrons. The van der Waals surface area contributed by atoms with Crippen molar-refractivity contribution in [2.45, 2.75) is 25.4 Å². The number of hydrogen-bond donors (Lipinski definition) is 1. The monoisotopic (exact) mass is 381 g/mol. The summed E-state index contributed by atoms with van der Waals surface area (Å²) in [5.41, 5.74) is -0.690. The summed E-state index contributed by atoms with van der Waals surface area (Å²) in [6.45, 7) is 0. The minimum atomic E-state index is -4.45. The van der Waals surface area contributed by atoms with Gasteiger partial charge < -0.3 is 9.84 Å². The van der Waals surface area contributed by atoms with Crippen LogP contribution < -0.4 is 5.32 Å². The van der Waals surface area contributed by atoms with Gasteiger partial charge in [0.25, 0.3) is 0 Å². The zero-order valence-electron chi connectivity index (χ0n) is 13.4. The van der Waals surface area contributed by atoms with Gasteiger partial charge in [-0.15, -0.1) is 11.3 Å². The molecule has 0 saturated carbocycles. The normalized spacial score (nSPS) is 11.5. The molecule has 0 aliphatic rings. The number of thiophene rings is 1. The molecule has 0 bridgehead atoms. The highest BCUT2D eigenvalue weighted by atomic mass is 32.1. The molecule has 136 valence electrons. The standard InChI is InChI=1S/C17H14F3N3O2S/c18-17(19,20)11-4-1-5-12(10-11)21-14(24)7-2-8-15-22-16(23-25-15)13-6-3-9-26-13/h1,3-6,9-10H,2,7-8H2,(H,21,24). The quantitative estimate of drug-likeness (QED) is 0.667. The van der Waals surface area contributed by atoms with E-state index in [1.807, 2.05) is 17.5 Å². The molecule has 1 N–H and O–H groups in total. The summed E-state index contributed by atoms with van der Waals surface area (Å²) in [7, 11) is 0. The molecule has 5 nitrogen and oxygen atoms in total. The maximum absolute atomic E-state index is 12.7.